The molecule has 0 fully saturated rings. The van der Waals surface area contributed by atoms with E-state index in [2.05, 4.69) is 207 Å². The molecule has 1 spiro atoms. The maximum Gasteiger partial charge on any atom is 0.0726 e. The summed E-state index contributed by atoms with van der Waals surface area (Å²) in [6.07, 6.45) is 6.61. The summed E-state index contributed by atoms with van der Waals surface area (Å²) >= 11 is 0. The Hall–Kier alpha value is -5.66. The molecule has 0 unspecified atom stereocenters. The van der Waals surface area contributed by atoms with Crippen LogP contribution in [-0.4, -0.2) is 4.57 Å². The molecule has 280 valence electrons. The van der Waals surface area contributed by atoms with E-state index in [0.717, 1.165) is 0 Å². The van der Waals surface area contributed by atoms with Crippen LogP contribution in [0.2, 0.25) is 0 Å². The lowest BCUT2D eigenvalue weighted by atomic mass is 9.59. The minimum absolute atomic E-state index is 0.00107. The molecule has 0 saturated carbocycles. The van der Waals surface area contributed by atoms with Crippen molar-refractivity contribution in [3.8, 4) is 27.9 Å². The zero-order valence-electron chi connectivity index (χ0n) is 34.9. The summed E-state index contributed by atoms with van der Waals surface area (Å²) in [5.41, 5.74) is 22.1. The molecule has 1 nitrogen and oxygen atoms in total. The zero-order valence-corrected chi connectivity index (χ0v) is 34.9. The van der Waals surface area contributed by atoms with Gasteiger partial charge in [-0.1, -0.05) is 159 Å². The molecule has 0 atom stereocenters. The molecule has 4 aliphatic rings. The van der Waals surface area contributed by atoms with Gasteiger partial charge in [0.15, 0.2) is 0 Å². The van der Waals surface area contributed by atoms with Crippen LogP contribution in [-0.2, 0) is 21.7 Å². The lowest BCUT2D eigenvalue weighted by molar-refractivity contribution is 0.125. The summed E-state index contributed by atoms with van der Waals surface area (Å²) in [5.74, 6) is 0. The molecule has 0 N–H and O–H groups in total. The van der Waals surface area contributed by atoms with Crippen molar-refractivity contribution in [2.45, 2.75) is 84.0 Å². The fraction of sp³-hybridized carbons (Fsp3) is 0.250. The summed E-state index contributed by atoms with van der Waals surface area (Å²) in [6, 6.07) is 44.7. The van der Waals surface area contributed by atoms with E-state index in [0.29, 0.717) is 0 Å². The molecule has 0 saturated heterocycles. The van der Waals surface area contributed by atoms with Gasteiger partial charge in [-0.05, 0) is 137 Å². The van der Waals surface area contributed by atoms with Gasteiger partial charge in [-0.15, -0.1) is 0 Å². The van der Waals surface area contributed by atoms with Crippen molar-refractivity contribution < 1.29 is 0 Å². The maximum absolute atomic E-state index is 4.51. The van der Waals surface area contributed by atoms with E-state index >= 15 is 0 Å². The molecule has 11 rings (SSSR count). The monoisotopic (exact) mass is 737 g/mol. The van der Waals surface area contributed by atoms with Crippen molar-refractivity contribution in [1.82, 2.24) is 4.57 Å². The highest BCUT2D eigenvalue weighted by atomic mass is 15.0. The second-order valence-corrected chi connectivity index (χ2v) is 19.3. The van der Waals surface area contributed by atoms with Crippen LogP contribution in [0, 0.1) is 5.41 Å². The van der Waals surface area contributed by atoms with Gasteiger partial charge in [-0.3, -0.25) is 0 Å². The fourth-order valence-corrected chi connectivity index (χ4v) is 12.2. The molecule has 6 aromatic carbocycles. The van der Waals surface area contributed by atoms with Gasteiger partial charge >= 0.3 is 0 Å². The molecule has 0 amide bonds. The average molecular weight is 738 g/mol. The normalized spacial score (nSPS) is 19.2. The number of rotatable bonds is 3. The van der Waals surface area contributed by atoms with Crippen LogP contribution < -0.4 is 0 Å². The third-order valence-electron chi connectivity index (χ3n) is 16.2. The average Bonchev–Trinajstić information content (AvgIpc) is 3.88. The van der Waals surface area contributed by atoms with Crippen molar-refractivity contribution in [2.75, 3.05) is 0 Å². The Morgan fingerprint density at radius 1 is 0.491 bits per heavy atom. The summed E-state index contributed by atoms with van der Waals surface area (Å²) in [5, 5.41) is 2.66. The lowest BCUT2D eigenvalue weighted by Crippen LogP contribution is -2.42. The first-order valence-corrected chi connectivity index (χ1v) is 20.8. The van der Waals surface area contributed by atoms with Gasteiger partial charge in [0, 0.05) is 21.9 Å². The number of benzene rings is 6. The van der Waals surface area contributed by atoms with E-state index in [4.69, 9.17) is 0 Å². The van der Waals surface area contributed by atoms with Crippen LogP contribution in [0.1, 0.15) is 107 Å². The van der Waals surface area contributed by atoms with Gasteiger partial charge in [0.2, 0.25) is 0 Å². The summed E-state index contributed by atoms with van der Waals surface area (Å²) in [6.45, 7) is 26.2. The summed E-state index contributed by atoms with van der Waals surface area (Å²) < 4.78 is 2.61. The Morgan fingerprint density at radius 3 is 1.61 bits per heavy atom. The topological polar surface area (TPSA) is 4.93 Å². The van der Waals surface area contributed by atoms with Gasteiger partial charge in [0.25, 0.3) is 0 Å². The highest BCUT2D eigenvalue weighted by Gasteiger charge is 2.57. The molecule has 4 aliphatic carbocycles. The number of hydrogen-bond donors (Lipinski definition) is 0. The van der Waals surface area contributed by atoms with Gasteiger partial charge in [0.05, 0.1) is 16.4 Å². The second kappa shape index (κ2) is 10.8. The zero-order chi connectivity index (χ0) is 39.6. The molecular formula is C56H51N. The molecule has 57 heavy (non-hydrogen) atoms. The minimum atomic E-state index is -0.476. The number of allylic oxidation sites excluding steroid dienone is 5. The molecular weight excluding hydrogens is 687 g/mol. The third-order valence-corrected chi connectivity index (χ3v) is 16.2. The molecule has 7 aromatic rings. The van der Waals surface area contributed by atoms with Crippen LogP contribution in [0.3, 0.4) is 0 Å². The Bertz CT molecular complexity index is 2990. The van der Waals surface area contributed by atoms with Crippen LogP contribution in [0.5, 0.6) is 0 Å². The lowest BCUT2D eigenvalue weighted by Gasteiger charge is -2.44. The Kier molecular flexibility index (Phi) is 6.57. The van der Waals surface area contributed by atoms with Gasteiger partial charge in [-0.2, -0.15) is 0 Å². The SMILES string of the molecule is C=CC1=C(/C=C\C)c2ccc(-n3c4cc5c(cc4c4cc6c(cc43)C(C)(C)C(C)(C)C6(C)C)-c3ccccc3C5(C)C)cc2C12c1ccccc1-c1ccccc12. The van der Waals surface area contributed by atoms with Gasteiger partial charge in [-0.25, -0.2) is 0 Å². The van der Waals surface area contributed by atoms with E-state index in [1.165, 1.54) is 105 Å². The smallest absolute Gasteiger partial charge is 0.0726 e. The number of fused-ring (bicyclic) bond motifs is 14. The first kappa shape index (κ1) is 34.6. The van der Waals surface area contributed by atoms with Gasteiger partial charge < -0.3 is 4.57 Å². The van der Waals surface area contributed by atoms with Crippen LogP contribution in [0.25, 0.3) is 55.3 Å². The largest absolute Gasteiger partial charge is 0.309 e. The molecule has 1 heteroatoms. The molecule has 1 aromatic heterocycles. The standard InChI is InChI=1S/C56H51N/c1-11-19-34-38-27-26-33(28-47(38)56(42(34)12-2)44-24-17-14-20-35(44)36-21-15-18-25-45(36)56)57-50-31-46-39(37-22-13-16-23-43(37)52(46,3)4)29-40(50)41-30-48-49(32-51(41)57)54(7,8)55(9,10)53(48,5)6/h11-32H,2H2,1,3-10H3/b19-11-. The van der Waals surface area contributed by atoms with E-state index in [9.17, 15) is 0 Å². The van der Waals surface area contributed by atoms with Crippen LogP contribution in [0.15, 0.2) is 146 Å². The number of hydrogen-bond acceptors (Lipinski definition) is 0. The molecule has 1 heterocycles. The van der Waals surface area contributed by atoms with Crippen molar-refractivity contribution in [1.29, 1.82) is 0 Å². The van der Waals surface area contributed by atoms with E-state index in [-0.39, 0.29) is 21.7 Å². The highest BCUT2D eigenvalue weighted by Crippen LogP contribution is 2.64. The van der Waals surface area contributed by atoms with E-state index in [1.807, 2.05) is 0 Å². The predicted octanol–water partition coefficient (Wildman–Crippen LogP) is 14.5. The summed E-state index contributed by atoms with van der Waals surface area (Å²) in [7, 11) is 0. The molecule has 0 radical (unpaired) electrons. The minimum Gasteiger partial charge on any atom is -0.309 e. The Morgan fingerprint density at radius 2 is 1.02 bits per heavy atom. The van der Waals surface area contributed by atoms with Crippen molar-refractivity contribution >= 4 is 27.4 Å². The van der Waals surface area contributed by atoms with E-state index < -0.39 is 5.41 Å². The van der Waals surface area contributed by atoms with E-state index in [1.54, 1.807) is 0 Å². The van der Waals surface area contributed by atoms with Crippen molar-refractivity contribution in [3.05, 3.63) is 190 Å². The van der Waals surface area contributed by atoms with Crippen molar-refractivity contribution in [2.24, 2.45) is 5.41 Å². The predicted molar refractivity (Wildman–Crippen MR) is 242 cm³/mol. The first-order valence-electron chi connectivity index (χ1n) is 20.8. The third kappa shape index (κ3) is 3.83. The number of aromatic nitrogens is 1. The highest BCUT2D eigenvalue weighted by molar-refractivity contribution is 6.12. The number of nitrogens with zero attached hydrogens (tertiary/aromatic N) is 1. The summed E-state index contributed by atoms with van der Waals surface area (Å²) in [4.78, 5) is 0. The quantitative estimate of drug-likeness (QED) is 0.170. The van der Waals surface area contributed by atoms with Crippen molar-refractivity contribution in [3.63, 3.8) is 0 Å². The Balaban J connectivity index is 1.28. The second-order valence-electron chi connectivity index (χ2n) is 19.3. The van der Waals surface area contributed by atoms with Gasteiger partial charge in [0.1, 0.15) is 0 Å². The molecule has 0 bridgehead atoms. The van der Waals surface area contributed by atoms with Crippen LogP contribution in [0.4, 0.5) is 0 Å². The first-order chi connectivity index (χ1) is 27.2. The molecule has 0 aliphatic heterocycles. The van der Waals surface area contributed by atoms with Crippen LogP contribution >= 0.6 is 0 Å². The maximum atomic E-state index is 4.51. The Labute approximate surface area is 338 Å². The fourth-order valence-electron chi connectivity index (χ4n) is 12.2.